The van der Waals surface area contributed by atoms with Gasteiger partial charge < -0.3 is 5.32 Å². The van der Waals surface area contributed by atoms with Gasteiger partial charge in [0.05, 0.1) is 6.20 Å². The van der Waals surface area contributed by atoms with Crippen LogP contribution >= 0.6 is 0 Å². The highest BCUT2D eigenvalue weighted by Gasteiger charge is 2.33. The van der Waals surface area contributed by atoms with E-state index in [4.69, 9.17) is 0 Å². The van der Waals surface area contributed by atoms with Crippen LogP contribution < -0.4 is 5.32 Å². The van der Waals surface area contributed by atoms with Gasteiger partial charge in [-0.05, 0) is 31.4 Å². The molecule has 7 heteroatoms. The van der Waals surface area contributed by atoms with E-state index in [2.05, 4.69) is 29.4 Å². The maximum Gasteiger partial charge on any atom is 0.260 e. The average Bonchev–Trinajstić information content (AvgIpc) is 2.93. The zero-order chi connectivity index (χ0) is 14.6. The lowest BCUT2D eigenvalue weighted by molar-refractivity contribution is 0.243. The van der Waals surface area contributed by atoms with Gasteiger partial charge in [0.1, 0.15) is 0 Å². The smallest absolute Gasteiger partial charge is 0.260 e. The van der Waals surface area contributed by atoms with Crippen LogP contribution in [0, 0.1) is 5.92 Å². The lowest BCUT2D eigenvalue weighted by Gasteiger charge is -2.34. The lowest BCUT2D eigenvalue weighted by atomic mass is 10.0. The normalized spacial score (nSPS) is 21.4. The van der Waals surface area contributed by atoms with Crippen LogP contribution in [0.1, 0.15) is 33.1 Å². The third-order valence-corrected chi connectivity index (χ3v) is 5.45. The van der Waals surface area contributed by atoms with Crippen LogP contribution in [0.25, 0.3) is 0 Å². The van der Waals surface area contributed by atoms with Gasteiger partial charge in [0.15, 0.2) is 5.03 Å². The second-order valence-corrected chi connectivity index (χ2v) is 7.60. The predicted octanol–water partition coefficient (Wildman–Crippen LogP) is 1.20. The summed E-state index contributed by atoms with van der Waals surface area (Å²) in [5.74, 6) is 0.566. The zero-order valence-corrected chi connectivity index (χ0v) is 13.0. The van der Waals surface area contributed by atoms with Crippen LogP contribution in [0.5, 0.6) is 0 Å². The van der Waals surface area contributed by atoms with Crippen molar-refractivity contribution < 1.29 is 8.42 Å². The summed E-state index contributed by atoms with van der Waals surface area (Å²) < 4.78 is 26.8. The molecule has 2 N–H and O–H groups in total. The molecule has 114 valence electrons. The Hall–Kier alpha value is -0.920. The predicted molar refractivity (Wildman–Crippen MR) is 77.8 cm³/mol. The summed E-state index contributed by atoms with van der Waals surface area (Å²) in [5.41, 5.74) is 0. The molecule has 2 rings (SSSR count). The number of rotatable bonds is 6. The van der Waals surface area contributed by atoms with Gasteiger partial charge in [-0.15, -0.1) is 0 Å². The van der Waals surface area contributed by atoms with Crippen LogP contribution in [0.15, 0.2) is 17.3 Å². The maximum absolute atomic E-state index is 12.6. The quantitative estimate of drug-likeness (QED) is 0.827. The van der Waals surface area contributed by atoms with E-state index < -0.39 is 10.0 Å². The summed E-state index contributed by atoms with van der Waals surface area (Å²) >= 11 is 0. The molecular formula is C13H24N4O2S. The van der Waals surface area contributed by atoms with Crippen molar-refractivity contribution in [3.63, 3.8) is 0 Å². The first-order valence-corrected chi connectivity index (χ1v) is 8.67. The van der Waals surface area contributed by atoms with Gasteiger partial charge in [-0.1, -0.05) is 20.3 Å². The van der Waals surface area contributed by atoms with E-state index in [1.807, 2.05) is 0 Å². The SMILES string of the molecule is CC(C)CNCC1CCCCN1S(=O)(=O)c1ccn[nH]1. The summed E-state index contributed by atoms with van der Waals surface area (Å²) in [6.07, 6.45) is 4.40. The van der Waals surface area contributed by atoms with Gasteiger partial charge in [-0.2, -0.15) is 9.40 Å². The third kappa shape index (κ3) is 3.59. The Morgan fingerprint density at radius 2 is 2.30 bits per heavy atom. The molecule has 0 amide bonds. The fourth-order valence-corrected chi connectivity index (χ4v) is 4.14. The number of nitrogens with one attached hydrogen (secondary N) is 2. The number of aromatic amines is 1. The van der Waals surface area contributed by atoms with Crippen molar-refractivity contribution in [2.75, 3.05) is 19.6 Å². The molecule has 0 radical (unpaired) electrons. The molecule has 2 heterocycles. The van der Waals surface area contributed by atoms with E-state index in [9.17, 15) is 8.42 Å². The second kappa shape index (κ2) is 6.69. The molecule has 1 aromatic heterocycles. The molecule has 1 aliphatic heterocycles. The Labute approximate surface area is 121 Å². The van der Waals surface area contributed by atoms with Crippen LogP contribution in [-0.2, 0) is 10.0 Å². The molecule has 20 heavy (non-hydrogen) atoms. The minimum Gasteiger partial charge on any atom is -0.315 e. The highest BCUT2D eigenvalue weighted by atomic mass is 32.2. The molecule has 1 aliphatic rings. The minimum atomic E-state index is -3.44. The van der Waals surface area contributed by atoms with Crippen molar-refractivity contribution >= 4 is 10.0 Å². The van der Waals surface area contributed by atoms with E-state index >= 15 is 0 Å². The van der Waals surface area contributed by atoms with E-state index in [-0.39, 0.29) is 11.1 Å². The van der Waals surface area contributed by atoms with Crippen LogP contribution in [-0.4, -0.2) is 48.6 Å². The fraction of sp³-hybridized carbons (Fsp3) is 0.769. The molecule has 0 saturated carbocycles. The topological polar surface area (TPSA) is 78.1 Å². The summed E-state index contributed by atoms with van der Waals surface area (Å²) in [4.78, 5) is 0. The average molecular weight is 300 g/mol. The highest BCUT2D eigenvalue weighted by Crippen LogP contribution is 2.23. The van der Waals surface area contributed by atoms with Crippen molar-refractivity contribution in [3.05, 3.63) is 12.3 Å². The Morgan fingerprint density at radius 3 is 2.95 bits per heavy atom. The van der Waals surface area contributed by atoms with Gasteiger partial charge in [-0.3, -0.25) is 5.10 Å². The standard InChI is InChI=1S/C13H24N4O2S/c1-11(2)9-14-10-12-5-3-4-8-17(12)20(18,19)13-6-7-15-16-13/h6-7,11-12,14H,3-5,8-10H2,1-2H3,(H,15,16). The number of piperidine rings is 1. The Balaban J connectivity index is 2.07. The summed E-state index contributed by atoms with van der Waals surface area (Å²) in [6, 6.07) is 1.55. The van der Waals surface area contributed by atoms with Crippen molar-refractivity contribution in [2.24, 2.45) is 5.92 Å². The summed E-state index contributed by atoms with van der Waals surface area (Å²) in [5, 5.41) is 9.87. The first-order valence-electron chi connectivity index (χ1n) is 7.23. The fourth-order valence-electron chi connectivity index (χ4n) is 2.55. The molecule has 1 fully saturated rings. The lowest BCUT2D eigenvalue weighted by Crippen LogP contribution is -2.48. The Bertz CT molecular complexity index is 498. The molecule has 0 spiro atoms. The third-order valence-electron chi connectivity index (χ3n) is 3.57. The maximum atomic E-state index is 12.6. The molecule has 1 unspecified atom stereocenters. The molecular weight excluding hydrogens is 276 g/mol. The van der Waals surface area contributed by atoms with Crippen LogP contribution in [0.2, 0.25) is 0 Å². The molecule has 1 aromatic rings. The molecule has 0 bridgehead atoms. The van der Waals surface area contributed by atoms with E-state index in [0.29, 0.717) is 19.0 Å². The van der Waals surface area contributed by atoms with Crippen molar-refractivity contribution in [1.29, 1.82) is 0 Å². The molecule has 1 atom stereocenters. The van der Waals surface area contributed by atoms with Gasteiger partial charge >= 0.3 is 0 Å². The van der Waals surface area contributed by atoms with Gasteiger partial charge in [0.25, 0.3) is 10.0 Å². The number of hydrogen-bond donors (Lipinski definition) is 2. The van der Waals surface area contributed by atoms with E-state index in [0.717, 1.165) is 25.8 Å². The molecule has 6 nitrogen and oxygen atoms in total. The zero-order valence-electron chi connectivity index (χ0n) is 12.2. The van der Waals surface area contributed by atoms with E-state index in [1.165, 1.54) is 12.3 Å². The van der Waals surface area contributed by atoms with Crippen molar-refractivity contribution in [1.82, 2.24) is 19.8 Å². The number of sulfonamides is 1. The number of nitrogens with zero attached hydrogens (tertiary/aromatic N) is 2. The molecule has 1 saturated heterocycles. The van der Waals surface area contributed by atoms with Crippen LogP contribution in [0.3, 0.4) is 0 Å². The van der Waals surface area contributed by atoms with Crippen LogP contribution in [0.4, 0.5) is 0 Å². The van der Waals surface area contributed by atoms with E-state index in [1.54, 1.807) is 4.31 Å². The van der Waals surface area contributed by atoms with Crippen molar-refractivity contribution in [2.45, 2.75) is 44.2 Å². The number of aromatic nitrogens is 2. The first-order chi connectivity index (χ1) is 9.51. The number of H-pyrrole nitrogens is 1. The first kappa shape index (κ1) is 15.5. The summed E-state index contributed by atoms with van der Waals surface area (Å²) in [7, 11) is -3.44. The highest BCUT2D eigenvalue weighted by molar-refractivity contribution is 7.89. The minimum absolute atomic E-state index is 0.0378. The molecule has 0 aromatic carbocycles. The number of hydrogen-bond acceptors (Lipinski definition) is 4. The second-order valence-electron chi connectivity index (χ2n) is 5.74. The molecule has 0 aliphatic carbocycles. The summed E-state index contributed by atoms with van der Waals surface area (Å²) in [6.45, 7) is 6.51. The van der Waals surface area contributed by atoms with Gasteiger partial charge in [0, 0.05) is 19.1 Å². The van der Waals surface area contributed by atoms with Gasteiger partial charge in [0.2, 0.25) is 0 Å². The Kier molecular flexibility index (Phi) is 5.17. The monoisotopic (exact) mass is 300 g/mol. The van der Waals surface area contributed by atoms with Crippen molar-refractivity contribution in [3.8, 4) is 0 Å². The largest absolute Gasteiger partial charge is 0.315 e. The van der Waals surface area contributed by atoms with Gasteiger partial charge in [-0.25, -0.2) is 8.42 Å². The Morgan fingerprint density at radius 1 is 1.50 bits per heavy atom.